The second kappa shape index (κ2) is 20.2. The van der Waals surface area contributed by atoms with E-state index in [2.05, 4.69) is 6.92 Å². The van der Waals surface area contributed by atoms with Crippen molar-refractivity contribution in [3.8, 4) is 0 Å². The van der Waals surface area contributed by atoms with Crippen LogP contribution < -0.4 is 0 Å². The first-order valence-corrected chi connectivity index (χ1v) is 14.1. The van der Waals surface area contributed by atoms with Gasteiger partial charge in [0.15, 0.2) is 0 Å². The largest absolute Gasteiger partial charge is 0.463 e. The van der Waals surface area contributed by atoms with Gasteiger partial charge in [-0.15, -0.1) is 0 Å². The van der Waals surface area contributed by atoms with Crippen LogP contribution in [-0.4, -0.2) is 82.3 Å². The average Bonchev–Trinajstić information content (AvgIpc) is 2.87. The summed E-state index contributed by atoms with van der Waals surface area (Å²) in [6, 6.07) is 0. The number of ether oxygens (including phenoxy) is 3. The highest BCUT2D eigenvalue weighted by Gasteiger charge is 2.36. The molecule has 0 heterocycles. The fourth-order valence-electron chi connectivity index (χ4n) is 3.93. The first-order valence-electron chi connectivity index (χ1n) is 14.1. The molecule has 0 amide bonds. The van der Waals surface area contributed by atoms with Crippen molar-refractivity contribution in [2.24, 2.45) is 0 Å². The molecule has 36 heavy (non-hydrogen) atoms. The van der Waals surface area contributed by atoms with Gasteiger partial charge >= 0.3 is 5.97 Å². The molecule has 0 saturated heterocycles. The summed E-state index contributed by atoms with van der Waals surface area (Å²) in [5.41, 5.74) is -1.67. The Kier molecular flexibility index (Phi) is 19.8. The molecule has 0 radical (unpaired) electrons. The summed E-state index contributed by atoms with van der Waals surface area (Å²) < 4.78 is 16.9. The first-order chi connectivity index (χ1) is 17.1. The molecule has 8 nitrogen and oxygen atoms in total. The van der Waals surface area contributed by atoms with E-state index in [1.807, 2.05) is 20.8 Å². The molecule has 0 aromatic rings. The van der Waals surface area contributed by atoms with Crippen LogP contribution in [0.4, 0.5) is 0 Å². The van der Waals surface area contributed by atoms with Gasteiger partial charge in [0.25, 0.3) is 0 Å². The minimum absolute atomic E-state index is 0.0188. The Morgan fingerprint density at radius 1 is 0.750 bits per heavy atom. The smallest absolute Gasteiger partial charge is 0.305 e. The zero-order valence-electron chi connectivity index (χ0n) is 23.7. The number of aliphatic hydroxyl groups is 4. The number of hydrogen-bond donors (Lipinski definition) is 4. The molecule has 5 unspecified atom stereocenters. The fourth-order valence-corrected chi connectivity index (χ4v) is 3.93. The maximum atomic E-state index is 12.0. The van der Waals surface area contributed by atoms with E-state index in [9.17, 15) is 20.1 Å². The zero-order valence-corrected chi connectivity index (χ0v) is 23.7. The molecule has 4 N–H and O–H groups in total. The third-order valence-corrected chi connectivity index (χ3v) is 7.15. The number of carbonyl (C=O) groups excluding carboxylic acids is 1. The molecule has 0 saturated carbocycles. The van der Waals surface area contributed by atoms with Gasteiger partial charge in [-0.3, -0.25) is 4.79 Å². The first kappa shape index (κ1) is 35.2. The minimum Gasteiger partial charge on any atom is -0.463 e. The summed E-state index contributed by atoms with van der Waals surface area (Å²) >= 11 is 0. The van der Waals surface area contributed by atoms with Gasteiger partial charge in [-0.25, -0.2) is 0 Å². The lowest BCUT2D eigenvalue weighted by Crippen LogP contribution is -2.48. The zero-order chi connectivity index (χ0) is 27.5. The molecule has 0 aliphatic rings. The topological polar surface area (TPSA) is 126 Å². The van der Waals surface area contributed by atoms with E-state index < -0.39 is 36.1 Å². The summed E-state index contributed by atoms with van der Waals surface area (Å²) in [6.45, 7) is 9.00. The van der Waals surface area contributed by atoms with Crippen LogP contribution in [0.15, 0.2) is 0 Å². The van der Waals surface area contributed by atoms with E-state index in [4.69, 9.17) is 19.3 Å². The van der Waals surface area contributed by atoms with Crippen molar-refractivity contribution in [2.75, 3.05) is 26.4 Å². The maximum absolute atomic E-state index is 12.0. The molecular weight excluding hydrogens is 464 g/mol. The van der Waals surface area contributed by atoms with Crippen molar-refractivity contribution in [2.45, 2.75) is 148 Å². The lowest BCUT2D eigenvalue weighted by molar-refractivity contribution is -0.176. The Bertz CT molecular complexity index is 546. The summed E-state index contributed by atoms with van der Waals surface area (Å²) in [7, 11) is 0. The average molecular weight is 521 g/mol. The standard InChI is InChI=1S/C28H56O8/c1-6-9-10-11-12-13-14-15-16-17-26(33)34-20-23(30)18-27(4,7-2)35-22-25(32)28(5,8-3)36-21-24(31)19-29/h23-25,29-32H,6-22H2,1-5H3. The van der Waals surface area contributed by atoms with Crippen LogP contribution in [0.2, 0.25) is 0 Å². The summed E-state index contributed by atoms with van der Waals surface area (Å²) in [6.07, 6.45) is 9.51. The molecule has 0 aliphatic heterocycles. The van der Waals surface area contributed by atoms with Crippen molar-refractivity contribution in [3.63, 3.8) is 0 Å². The van der Waals surface area contributed by atoms with Gasteiger partial charge in [-0.1, -0.05) is 72.1 Å². The van der Waals surface area contributed by atoms with Crippen LogP contribution >= 0.6 is 0 Å². The third-order valence-electron chi connectivity index (χ3n) is 7.15. The molecule has 0 aliphatic carbocycles. The second-order valence-corrected chi connectivity index (χ2v) is 10.6. The Labute approximate surface area is 219 Å². The van der Waals surface area contributed by atoms with Crippen molar-refractivity contribution >= 4 is 5.97 Å². The van der Waals surface area contributed by atoms with Crippen molar-refractivity contribution in [1.29, 1.82) is 0 Å². The SMILES string of the molecule is CCCCCCCCCCCC(=O)OCC(O)CC(C)(CC)OCC(O)C(C)(CC)OCC(O)CO. The number of esters is 1. The molecule has 0 aromatic heterocycles. The Morgan fingerprint density at radius 2 is 1.33 bits per heavy atom. The van der Waals surface area contributed by atoms with Crippen molar-refractivity contribution in [3.05, 3.63) is 0 Å². The van der Waals surface area contributed by atoms with E-state index in [0.717, 1.165) is 19.3 Å². The fraction of sp³-hybridized carbons (Fsp3) is 0.964. The Morgan fingerprint density at radius 3 is 1.86 bits per heavy atom. The van der Waals surface area contributed by atoms with Gasteiger partial charge in [0, 0.05) is 12.8 Å². The van der Waals surface area contributed by atoms with Gasteiger partial charge in [0.1, 0.15) is 18.8 Å². The van der Waals surface area contributed by atoms with Crippen LogP contribution in [0.3, 0.4) is 0 Å². The molecule has 0 fully saturated rings. The van der Waals surface area contributed by atoms with E-state index in [1.165, 1.54) is 38.5 Å². The molecule has 0 aromatic carbocycles. The van der Waals surface area contributed by atoms with Crippen molar-refractivity contribution < 1.29 is 39.4 Å². The number of rotatable bonds is 24. The summed E-state index contributed by atoms with van der Waals surface area (Å²) in [5.74, 6) is -0.285. The highest BCUT2D eigenvalue weighted by atomic mass is 16.5. The van der Waals surface area contributed by atoms with E-state index in [1.54, 1.807) is 6.92 Å². The third kappa shape index (κ3) is 16.2. The quantitative estimate of drug-likeness (QED) is 0.110. The van der Waals surface area contributed by atoms with Crippen LogP contribution in [0, 0.1) is 0 Å². The van der Waals surface area contributed by atoms with E-state index in [0.29, 0.717) is 19.3 Å². The van der Waals surface area contributed by atoms with Gasteiger partial charge < -0.3 is 34.6 Å². The molecule has 5 atom stereocenters. The number of carbonyl (C=O) groups is 1. The lowest BCUT2D eigenvalue weighted by Gasteiger charge is -2.37. The lowest BCUT2D eigenvalue weighted by atomic mass is 9.93. The predicted octanol–water partition coefficient (Wildman–Crippen LogP) is 4.29. The normalized spacial score (nSPS) is 17.7. The number of hydrogen-bond acceptors (Lipinski definition) is 8. The predicted molar refractivity (Wildman–Crippen MR) is 142 cm³/mol. The molecular formula is C28H56O8. The van der Waals surface area contributed by atoms with E-state index in [-0.39, 0.29) is 32.2 Å². The number of unbranched alkanes of at least 4 members (excludes halogenated alkanes) is 8. The molecule has 0 bridgehead atoms. The number of aliphatic hydroxyl groups excluding tert-OH is 4. The van der Waals surface area contributed by atoms with Crippen LogP contribution in [0.1, 0.15) is 118 Å². The second-order valence-electron chi connectivity index (χ2n) is 10.6. The molecule has 216 valence electrons. The van der Waals surface area contributed by atoms with Crippen molar-refractivity contribution in [1.82, 2.24) is 0 Å². The van der Waals surface area contributed by atoms with Gasteiger partial charge in [0.05, 0.1) is 37.1 Å². The van der Waals surface area contributed by atoms with E-state index >= 15 is 0 Å². The van der Waals surface area contributed by atoms with Crippen LogP contribution in [0.25, 0.3) is 0 Å². The molecule has 0 rings (SSSR count). The van der Waals surface area contributed by atoms with Gasteiger partial charge in [-0.05, 0) is 33.1 Å². The van der Waals surface area contributed by atoms with Crippen LogP contribution in [-0.2, 0) is 19.0 Å². The Balaban J connectivity index is 4.29. The maximum Gasteiger partial charge on any atom is 0.305 e. The highest BCUT2D eigenvalue weighted by molar-refractivity contribution is 5.69. The summed E-state index contributed by atoms with van der Waals surface area (Å²) in [4.78, 5) is 12.0. The summed E-state index contributed by atoms with van der Waals surface area (Å²) in [5, 5.41) is 39.7. The molecule has 8 heteroatoms. The van der Waals surface area contributed by atoms with Gasteiger partial charge in [0.2, 0.25) is 0 Å². The monoisotopic (exact) mass is 520 g/mol. The Hall–Kier alpha value is -0.770. The van der Waals surface area contributed by atoms with Crippen LogP contribution in [0.5, 0.6) is 0 Å². The molecule has 0 spiro atoms. The highest BCUT2D eigenvalue weighted by Crippen LogP contribution is 2.26. The minimum atomic E-state index is -1.01. The van der Waals surface area contributed by atoms with Gasteiger partial charge in [-0.2, -0.15) is 0 Å².